The van der Waals surface area contributed by atoms with Gasteiger partial charge in [-0.05, 0) is 56.3 Å². The third-order valence-electron chi connectivity index (χ3n) is 4.09. The molecular weight excluding hydrogens is 141 g/mol. The van der Waals surface area contributed by atoms with Crippen LogP contribution in [0, 0.1) is 17.8 Å². The van der Waals surface area contributed by atoms with Crippen molar-refractivity contribution in [2.24, 2.45) is 23.5 Å². The van der Waals surface area contributed by atoms with Crippen LogP contribution in [0.4, 0.5) is 0 Å². The molecule has 4 rings (SSSR count). The van der Waals surface area contributed by atoms with Gasteiger partial charge in [-0.15, -0.1) is 0 Å². The number of hydrogen-bond donors (Lipinski definition) is 1. The molecule has 0 aromatic rings. The Morgan fingerprint density at radius 1 is 0.917 bits per heavy atom. The first-order valence-corrected chi connectivity index (χ1v) is 5.02. The molecule has 4 saturated carbocycles. The van der Waals surface area contributed by atoms with Gasteiger partial charge in [0.2, 0.25) is 0 Å². The van der Waals surface area contributed by atoms with E-state index < -0.39 is 0 Å². The average Bonchev–Trinajstić information content (AvgIpc) is 1.79. The second-order valence-corrected chi connectivity index (χ2v) is 5.28. The van der Waals surface area contributed by atoms with E-state index in [-0.39, 0.29) is 20.3 Å². The molecule has 4 fully saturated rings. The Balaban J connectivity index is 0.000000422. The summed E-state index contributed by atoms with van der Waals surface area (Å²) in [6.07, 6.45) is 8.57. The molecule has 0 saturated heterocycles. The molecule has 0 atom stereocenters. The fraction of sp³-hybridized carbons (Fsp3) is 1.00. The topological polar surface area (TPSA) is 26.0 Å². The van der Waals surface area contributed by atoms with E-state index in [1.54, 1.807) is 0 Å². The van der Waals surface area contributed by atoms with Crippen molar-refractivity contribution < 1.29 is 20.3 Å². The molecule has 1 nitrogen and oxygen atoms in total. The minimum absolute atomic E-state index is 0. The van der Waals surface area contributed by atoms with Crippen LogP contribution in [0.5, 0.6) is 0 Å². The van der Waals surface area contributed by atoms with Gasteiger partial charge in [0, 0.05) is 5.54 Å². The minimum Gasteiger partial charge on any atom is -1.00 e. The molecule has 0 aromatic heterocycles. The zero-order valence-corrected chi connectivity index (χ0v) is 8.05. The average molecular weight is 159 g/mol. The fourth-order valence-electron chi connectivity index (χ4n) is 4.18. The van der Waals surface area contributed by atoms with Crippen molar-refractivity contribution in [2.45, 2.75) is 44.1 Å². The first-order chi connectivity index (χ1) is 5.23. The fourth-order valence-corrected chi connectivity index (χ4v) is 4.18. The molecule has 0 radical (unpaired) electrons. The first-order valence-electron chi connectivity index (χ1n) is 5.02. The summed E-state index contributed by atoms with van der Waals surface area (Å²) in [7, 11) is 0. The first kappa shape index (κ1) is 9.13. The zero-order chi connectivity index (χ0) is 7.47. The van der Waals surface area contributed by atoms with Gasteiger partial charge in [0.25, 0.3) is 0 Å². The van der Waals surface area contributed by atoms with E-state index >= 15 is 0 Å². The van der Waals surface area contributed by atoms with Crippen LogP contribution in [0.25, 0.3) is 0 Å². The summed E-state index contributed by atoms with van der Waals surface area (Å²) in [5.41, 5.74) is 6.62. The molecule has 64 valence electrons. The van der Waals surface area contributed by atoms with E-state index in [9.17, 15) is 0 Å². The molecule has 0 amide bonds. The Morgan fingerprint density at radius 2 is 1.25 bits per heavy atom. The van der Waals surface area contributed by atoms with Crippen LogP contribution in [0.2, 0.25) is 0 Å². The van der Waals surface area contributed by atoms with E-state index in [0.29, 0.717) is 5.54 Å². The summed E-state index contributed by atoms with van der Waals surface area (Å²) >= 11 is 0. The predicted octanol–water partition coefficient (Wildman–Crippen LogP) is -0.970. The van der Waals surface area contributed by atoms with E-state index in [0.717, 1.165) is 17.8 Å². The largest absolute Gasteiger partial charge is 1.00 e. The molecule has 0 aromatic carbocycles. The van der Waals surface area contributed by atoms with E-state index in [2.05, 4.69) is 0 Å². The maximum Gasteiger partial charge on any atom is 1.00 e. The molecule has 0 heterocycles. The SMILES string of the molecule is NC12CC3CC(CC(C3)C1)C2.[H-].[Li+]. The Morgan fingerprint density at radius 3 is 1.50 bits per heavy atom. The van der Waals surface area contributed by atoms with Crippen molar-refractivity contribution in [3.05, 3.63) is 0 Å². The van der Waals surface area contributed by atoms with E-state index in [1.165, 1.54) is 38.5 Å². The van der Waals surface area contributed by atoms with Gasteiger partial charge in [-0.25, -0.2) is 0 Å². The molecule has 4 aliphatic rings. The van der Waals surface area contributed by atoms with Gasteiger partial charge in [0.15, 0.2) is 0 Å². The molecule has 0 spiro atoms. The number of rotatable bonds is 0. The van der Waals surface area contributed by atoms with Crippen LogP contribution < -0.4 is 24.6 Å². The van der Waals surface area contributed by atoms with Crippen molar-refractivity contribution >= 4 is 0 Å². The smallest absolute Gasteiger partial charge is 1.00 e. The second-order valence-electron chi connectivity index (χ2n) is 5.28. The van der Waals surface area contributed by atoms with Crippen LogP contribution in [-0.4, -0.2) is 5.54 Å². The summed E-state index contributed by atoms with van der Waals surface area (Å²) in [6, 6.07) is 0. The number of hydrogen-bond acceptors (Lipinski definition) is 1. The third kappa shape index (κ3) is 1.27. The van der Waals surface area contributed by atoms with Crippen LogP contribution >= 0.6 is 0 Å². The summed E-state index contributed by atoms with van der Waals surface area (Å²) in [6.45, 7) is 0. The maximum atomic E-state index is 6.32. The molecule has 0 unspecified atom stereocenters. The zero-order valence-electron chi connectivity index (χ0n) is 9.05. The third-order valence-corrected chi connectivity index (χ3v) is 4.09. The normalized spacial score (nSPS) is 55.2. The van der Waals surface area contributed by atoms with Gasteiger partial charge in [-0.2, -0.15) is 0 Å². The Hall–Kier alpha value is 0.557. The van der Waals surface area contributed by atoms with Gasteiger partial charge in [0.1, 0.15) is 0 Å². The summed E-state index contributed by atoms with van der Waals surface area (Å²) < 4.78 is 0. The standard InChI is InChI=1S/C10H17N.Li.H/c11-10-4-7-1-8(5-10)3-9(2-7)6-10;;/h7-9H,1-6,11H2;;/q;+1;-1. The summed E-state index contributed by atoms with van der Waals surface area (Å²) in [5, 5.41) is 0. The quantitative estimate of drug-likeness (QED) is 0.452. The van der Waals surface area contributed by atoms with Gasteiger partial charge < -0.3 is 7.16 Å². The van der Waals surface area contributed by atoms with E-state index in [1.807, 2.05) is 0 Å². The summed E-state index contributed by atoms with van der Waals surface area (Å²) in [5.74, 6) is 3.06. The van der Waals surface area contributed by atoms with Crippen molar-refractivity contribution in [3.8, 4) is 0 Å². The van der Waals surface area contributed by atoms with Crippen LogP contribution in [0.3, 0.4) is 0 Å². The van der Waals surface area contributed by atoms with Crippen molar-refractivity contribution in [1.29, 1.82) is 0 Å². The van der Waals surface area contributed by atoms with Crippen molar-refractivity contribution in [2.75, 3.05) is 0 Å². The molecule has 2 heteroatoms. The van der Waals surface area contributed by atoms with Gasteiger partial charge in [-0.1, -0.05) is 0 Å². The summed E-state index contributed by atoms with van der Waals surface area (Å²) in [4.78, 5) is 0. The van der Waals surface area contributed by atoms with E-state index in [4.69, 9.17) is 5.73 Å². The monoisotopic (exact) mass is 159 g/mol. The van der Waals surface area contributed by atoms with Crippen LogP contribution in [0.1, 0.15) is 40.0 Å². The molecule has 4 aliphatic carbocycles. The van der Waals surface area contributed by atoms with Crippen molar-refractivity contribution in [3.63, 3.8) is 0 Å². The molecule has 12 heavy (non-hydrogen) atoms. The van der Waals surface area contributed by atoms with Crippen LogP contribution in [-0.2, 0) is 0 Å². The van der Waals surface area contributed by atoms with Gasteiger partial charge in [-0.3, -0.25) is 0 Å². The maximum absolute atomic E-state index is 6.32. The molecule has 4 bridgehead atoms. The predicted molar refractivity (Wildman–Crippen MR) is 46.2 cm³/mol. The Labute approximate surface area is 88.1 Å². The Kier molecular flexibility index (Phi) is 2.11. The minimum atomic E-state index is 0. The Bertz CT molecular complexity index is 160. The van der Waals surface area contributed by atoms with Gasteiger partial charge >= 0.3 is 18.9 Å². The molecule has 0 aliphatic heterocycles. The van der Waals surface area contributed by atoms with Crippen molar-refractivity contribution in [1.82, 2.24) is 0 Å². The number of nitrogens with two attached hydrogens (primary N) is 1. The second kappa shape index (κ2) is 2.77. The van der Waals surface area contributed by atoms with Gasteiger partial charge in [0.05, 0.1) is 0 Å². The van der Waals surface area contributed by atoms with Crippen LogP contribution in [0.15, 0.2) is 0 Å². The molecule has 2 N–H and O–H groups in total. The molecular formula is C10H18LiN.